The summed E-state index contributed by atoms with van der Waals surface area (Å²) in [6.45, 7) is 0.483. The zero-order valence-corrected chi connectivity index (χ0v) is 16.7. The zero-order valence-electron chi connectivity index (χ0n) is 15.9. The molecule has 0 radical (unpaired) electrons. The molecule has 3 aromatic rings. The van der Waals surface area contributed by atoms with Gasteiger partial charge in [-0.3, -0.25) is 4.79 Å². The van der Waals surface area contributed by atoms with E-state index in [2.05, 4.69) is 21.5 Å². The number of fused-ring (bicyclic) bond motifs is 1. The van der Waals surface area contributed by atoms with Crippen molar-refractivity contribution in [3.05, 3.63) is 82.0 Å². The van der Waals surface area contributed by atoms with Crippen LogP contribution in [-0.4, -0.2) is 29.7 Å². The van der Waals surface area contributed by atoms with Crippen LogP contribution in [-0.2, 0) is 12.8 Å². The van der Waals surface area contributed by atoms with Crippen LogP contribution in [0.25, 0.3) is 5.57 Å². The summed E-state index contributed by atoms with van der Waals surface area (Å²) in [5, 5.41) is 7.36. The van der Waals surface area contributed by atoms with E-state index in [0.717, 1.165) is 28.3 Å². The molecule has 0 saturated carbocycles. The van der Waals surface area contributed by atoms with Gasteiger partial charge in [0.25, 0.3) is 11.7 Å². The van der Waals surface area contributed by atoms with Crippen molar-refractivity contribution in [3.8, 4) is 5.75 Å². The van der Waals surface area contributed by atoms with Crippen LogP contribution in [0.4, 0.5) is 0 Å². The van der Waals surface area contributed by atoms with Crippen molar-refractivity contribution in [2.45, 2.75) is 19.3 Å². The summed E-state index contributed by atoms with van der Waals surface area (Å²) in [5.74, 6) is 0.817. The second-order valence-electron chi connectivity index (χ2n) is 6.78. The Bertz CT molecular complexity index is 1070. The maximum absolute atomic E-state index is 12.3. The first kappa shape index (κ1) is 19.2. The molecule has 1 amide bonds. The van der Waals surface area contributed by atoms with Crippen molar-refractivity contribution >= 4 is 23.1 Å². The average molecular weight is 410 g/mol. The fourth-order valence-corrected chi connectivity index (χ4v) is 3.54. The summed E-state index contributed by atoms with van der Waals surface area (Å²) in [6.07, 6.45) is 4.22. The van der Waals surface area contributed by atoms with Crippen molar-refractivity contribution in [3.63, 3.8) is 0 Å². The molecular formula is C22H20ClN3O3. The van der Waals surface area contributed by atoms with Crippen molar-refractivity contribution in [2.75, 3.05) is 13.7 Å². The van der Waals surface area contributed by atoms with Crippen LogP contribution >= 0.6 is 11.6 Å². The number of benzene rings is 2. The lowest BCUT2D eigenvalue weighted by Gasteiger charge is -2.07. The van der Waals surface area contributed by atoms with Gasteiger partial charge in [0.15, 0.2) is 0 Å². The summed E-state index contributed by atoms with van der Waals surface area (Å²) < 4.78 is 10.4. The number of hydrogen-bond acceptors (Lipinski definition) is 5. The maximum Gasteiger partial charge on any atom is 0.292 e. The third-order valence-corrected chi connectivity index (χ3v) is 5.06. The van der Waals surface area contributed by atoms with Crippen molar-refractivity contribution < 1.29 is 14.1 Å². The number of amides is 1. The molecule has 1 N–H and O–H groups in total. The van der Waals surface area contributed by atoms with Crippen molar-refractivity contribution in [1.29, 1.82) is 0 Å². The van der Waals surface area contributed by atoms with Crippen LogP contribution in [0.1, 0.15) is 39.6 Å². The van der Waals surface area contributed by atoms with Crippen LogP contribution in [0.15, 0.2) is 53.1 Å². The van der Waals surface area contributed by atoms with E-state index in [1.165, 1.54) is 11.1 Å². The van der Waals surface area contributed by atoms with Gasteiger partial charge in [0.05, 0.1) is 13.5 Å². The van der Waals surface area contributed by atoms with Crippen LogP contribution < -0.4 is 10.1 Å². The molecule has 148 valence electrons. The second kappa shape index (κ2) is 8.49. The number of ether oxygens (including phenoxy) is 1. The smallest absolute Gasteiger partial charge is 0.292 e. The Morgan fingerprint density at radius 1 is 1.28 bits per heavy atom. The van der Waals surface area contributed by atoms with E-state index in [-0.39, 0.29) is 11.7 Å². The molecule has 6 nitrogen and oxygen atoms in total. The monoisotopic (exact) mass is 409 g/mol. The lowest BCUT2D eigenvalue weighted by molar-refractivity contribution is 0.0941. The molecule has 7 heteroatoms. The van der Waals surface area contributed by atoms with E-state index in [1.807, 2.05) is 42.5 Å². The topological polar surface area (TPSA) is 77.2 Å². The largest absolute Gasteiger partial charge is 0.497 e. The summed E-state index contributed by atoms with van der Waals surface area (Å²) in [7, 11) is 1.61. The normalized spacial score (nSPS) is 12.4. The highest BCUT2D eigenvalue weighted by atomic mass is 35.5. The molecule has 0 saturated heterocycles. The van der Waals surface area contributed by atoms with Gasteiger partial charge in [0.1, 0.15) is 5.75 Å². The molecule has 1 aliphatic rings. The Morgan fingerprint density at radius 2 is 2.17 bits per heavy atom. The predicted octanol–water partition coefficient (Wildman–Crippen LogP) is 4.08. The third-order valence-electron chi connectivity index (χ3n) is 4.83. The van der Waals surface area contributed by atoms with Gasteiger partial charge in [0.2, 0.25) is 5.89 Å². The Hall–Kier alpha value is -3.12. The number of nitrogens with one attached hydrogen (secondary N) is 1. The van der Waals surface area contributed by atoms with Gasteiger partial charge in [-0.1, -0.05) is 41.0 Å². The molecule has 0 fully saturated rings. The van der Waals surface area contributed by atoms with Gasteiger partial charge in [-0.25, -0.2) is 0 Å². The quantitative estimate of drug-likeness (QED) is 0.636. The highest BCUT2D eigenvalue weighted by Crippen LogP contribution is 2.31. The SMILES string of the molecule is COc1cccc(Cc2nc(C(=O)NCCC3=CCc4ccc(Cl)cc43)no2)c1. The highest BCUT2D eigenvalue weighted by molar-refractivity contribution is 6.30. The van der Waals surface area contributed by atoms with Crippen LogP contribution in [0.5, 0.6) is 5.75 Å². The van der Waals surface area contributed by atoms with E-state index in [9.17, 15) is 4.79 Å². The minimum Gasteiger partial charge on any atom is -0.497 e. The Kier molecular flexibility index (Phi) is 5.62. The molecule has 1 aliphatic carbocycles. The summed E-state index contributed by atoms with van der Waals surface area (Å²) >= 11 is 6.10. The maximum atomic E-state index is 12.3. The molecule has 1 aromatic heterocycles. The standard InChI is InChI=1S/C22H20ClN3O3/c1-28-18-4-2-3-14(11-18)12-20-25-21(26-29-20)22(27)24-10-9-16-6-5-15-7-8-17(23)13-19(15)16/h2-4,6-8,11,13H,5,9-10,12H2,1H3,(H,24,27). The Balaban J connectivity index is 1.32. The number of allylic oxidation sites excluding steroid dienone is 1. The molecule has 2 aromatic carbocycles. The predicted molar refractivity (Wildman–Crippen MR) is 110 cm³/mol. The molecule has 0 atom stereocenters. The first-order valence-electron chi connectivity index (χ1n) is 9.34. The van der Waals surface area contributed by atoms with Gasteiger partial charge >= 0.3 is 0 Å². The van der Waals surface area contributed by atoms with Gasteiger partial charge < -0.3 is 14.6 Å². The molecule has 1 heterocycles. The van der Waals surface area contributed by atoms with Crippen LogP contribution in [0.3, 0.4) is 0 Å². The zero-order chi connectivity index (χ0) is 20.2. The first-order valence-corrected chi connectivity index (χ1v) is 9.72. The fourth-order valence-electron chi connectivity index (χ4n) is 3.37. The number of carbonyl (C=O) groups is 1. The van der Waals surface area contributed by atoms with Gasteiger partial charge in [0, 0.05) is 11.6 Å². The summed E-state index contributed by atoms with van der Waals surface area (Å²) in [6, 6.07) is 13.5. The fraction of sp³-hybridized carbons (Fsp3) is 0.227. The number of carbonyl (C=O) groups excluding carboxylic acids is 1. The average Bonchev–Trinajstić information content (AvgIpc) is 3.35. The molecule has 0 unspecified atom stereocenters. The van der Waals surface area contributed by atoms with Gasteiger partial charge in [-0.05, 0) is 59.4 Å². The van der Waals surface area contributed by atoms with Gasteiger partial charge in [-0.2, -0.15) is 4.98 Å². The second-order valence-corrected chi connectivity index (χ2v) is 7.22. The molecular weight excluding hydrogens is 390 g/mol. The van der Waals surface area contributed by atoms with Crippen molar-refractivity contribution in [2.24, 2.45) is 0 Å². The van der Waals surface area contributed by atoms with E-state index >= 15 is 0 Å². The molecule has 29 heavy (non-hydrogen) atoms. The number of aromatic nitrogens is 2. The number of halogens is 1. The lowest BCUT2D eigenvalue weighted by Crippen LogP contribution is -2.25. The number of rotatable bonds is 7. The minimum absolute atomic E-state index is 0.0340. The highest BCUT2D eigenvalue weighted by Gasteiger charge is 2.17. The Labute approximate surface area is 173 Å². The lowest BCUT2D eigenvalue weighted by atomic mass is 10.0. The van der Waals surface area contributed by atoms with Crippen molar-refractivity contribution in [1.82, 2.24) is 15.5 Å². The van der Waals surface area contributed by atoms with E-state index < -0.39 is 0 Å². The molecule has 4 rings (SSSR count). The summed E-state index contributed by atoms with van der Waals surface area (Å²) in [4.78, 5) is 16.5. The molecule has 0 bridgehead atoms. The van der Waals surface area contributed by atoms with Gasteiger partial charge in [-0.15, -0.1) is 0 Å². The van der Waals surface area contributed by atoms with Crippen LogP contribution in [0, 0.1) is 0 Å². The molecule has 0 aliphatic heterocycles. The molecule has 0 spiro atoms. The summed E-state index contributed by atoms with van der Waals surface area (Å²) in [5.41, 5.74) is 4.57. The third kappa shape index (κ3) is 4.49. The van der Waals surface area contributed by atoms with Crippen LogP contribution in [0.2, 0.25) is 5.02 Å². The Morgan fingerprint density at radius 3 is 3.03 bits per heavy atom. The minimum atomic E-state index is -0.351. The number of methoxy groups -OCH3 is 1. The van der Waals surface area contributed by atoms with E-state index in [0.29, 0.717) is 25.3 Å². The number of hydrogen-bond donors (Lipinski definition) is 1. The number of nitrogens with zero attached hydrogens (tertiary/aromatic N) is 2. The first-order chi connectivity index (χ1) is 14.1. The van der Waals surface area contributed by atoms with E-state index in [1.54, 1.807) is 7.11 Å². The van der Waals surface area contributed by atoms with E-state index in [4.69, 9.17) is 20.9 Å².